The molecule has 4 N–H and O–H groups in total. The van der Waals surface area contributed by atoms with E-state index in [1.165, 1.54) is 6.07 Å². The summed E-state index contributed by atoms with van der Waals surface area (Å²) >= 11 is 0. The average molecular weight is 180 g/mol. The van der Waals surface area contributed by atoms with E-state index in [1.807, 2.05) is 0 Å². The highest BCUT2D eigenvalue weighted by molar-refractivity contribution is 6.71. The molecule has 0 bridgehead atoms. The molecule has 0 aliphatic rings. The zero-order chi connectivity index (χ0) is 10.0. The number of hydrogen-bond acceptors (Lipinski definition) is 4. The maximum Gasteiger partial charge on any atom is 0.488 e. The molecule has 1 aromatic rings. The van der Waals surface area contributed by atoms with Crippen LogP contribution in [0.15, 0.2) is 18.2 Å². The number of hydrogen-bond donors (Lipinski definition) is 4. The molecule has 0 unspecified atom stereocenters. The third-order valence-electron chi connectivity index (χ3n) is 1.89. The summed E-state index contributed by atoms with van der Waals surface area (Å²) in [7, 11) is -3.37. The van der Waals surface area contributed by atoms with E-state index >= 15 is 0 Å². The molecular formula is C7H10B2O4. The second-order valence-corrected chi connectivity index (χ2v) is 2.83. The van der Waals surface area contributed by atoms with Crippen molar-refractivity contribution < 1.29 is 20.1 Å². The van der Waals surface area contributed by atoms with Crippen molar-refractivity contribution in [2.75, 3.05) is 0 Å². The molecule has 0 spiro atoms. The topological polar surface area (TPSA) is 80.9 Å². The fraction of sp³-hybridized carbons (Fsp3) is 0.143. The van der Waals surface area contributed by atoms with Gasteiger partial charge in [0.05, 0.1) is 0 Å². The van der Waals surface area contributed by atoms with Crippen LogP contribution < -0.4 is 10.9 Å². The minimum Gasteiger partial charge on any atom is -0.423 e. The van der Waals surface area contributed by atoms with Crippen molar-refractivity contribution in [1.29, 1.82) is 0 Å². The van der Waals surface area contributed by atoms with Gasteiger partial charge in [0, 0.05) is 0 Å². The molecule has 0 amide bonds. The van der Waals surface area contributed by atoms with Gasteiger partial charge in [-0.2, -0.15) is 0 Å². The van der Waals surface area contributed by atoms with Crippen LogP contribution in [0.3, 0.4) is 0 Å². The zero-order valence-electron chi connectivity index (χ0n) is 7.18. The highest BCUT2D eigenvalue weighted by atomic mass is 16.4. The van der Waals surface area contributed by atoms with Crippen LogP contribution in [0.1, 0.15) is 5.56 Å². The first-order valence-corrected chi connectivity index (χ1v) is 3.85. The molecule has 0 aliphatic carbocycles. The zero-order valence-corrected chi connectivity index (χ0v) is 7.18. The molecule has 4 nitrogen and oxygen atoms in total. The van der Waals surface area contributed by atoms with Crippen LogP contribution in [0.5, 0.6) is 0 Å². The molecule has 0 saturated heterocycles. The molecule has 0 aliphatic heterocycles. The first-order valence-electron chi connectivity index (χ1n) is 3.85. The third kappa shape index (κ3) is 2.10. The van der Waals surface area contributed by atoms with E-state index in [9.17, 15) is 0 Å². The highest BCUT2D eigenvalue weighted by Gasteiger charge is 2.24. The maximum atomic E-state index is 8.97. The highest BCUT2D eigenvalue weighted by Crippen LogP contribution is 1.92. The molecular weight excluding hydrogens is 170 g/mol. The predicted molar refractivity (Wildman–Crippen MR) is 50.8 cm³/mol. The summed E-state index contributed by atoms with van der Waals surface area (Å²) in [5.74, 6) is 0. The van der Waals surface area contributed by atoms with Gasteiger partial charge in [-0.05, 0) is 17.8 Å². The SMILES string of the molecule is Cc1cccc(B(O)O)c1B(O)O. The van der Waals surface area contributed by atoms with Crippen molar-refractivity contribution >= 4 is 25.2 Å². The van der Waals surface area contributed by atoms with E-state index in [0.717, 1.165) is 0 Å². The van der Waals surface area contributed by atoms with Crippen LogP contribution in [0.2, 0.25) is 0 Å². The van der Waals surface area contributed by atoms with E-state index in [0.29, 0.717) is 5.56 Å². The first kappa shape index (κ1) is 10.3. The Kier molecular flexibility index (Phi) is 3.11. The van der Waals surface area contributed by atoms with Crippen molar-refractivity contribution in [3.8, 4) is 0 Å². The van der Waals surface area contributed by atoms with Crippen LogP contribution in [0.25, 0.3) is 0 Å². The van der Waals surface area contributed by atoms with Crippen LogP contribution in [0, 0.1) is 6.92 Å². The van der Waals surface area contributed by atoms with Crippen molar-refractivity contribution in [3.05, 3.63) is 23.8 Å². The molecule has 1 rings (SSSR count). The lowest BCUT2D eigenvalue weighted by atomic mass is 9.64. The number of benzene rings is 1. The van der Waals surface area contributed by atoms with E-state index < -0.39 is 14.2 Å². The largest absolute Gasteiger partial charge is 0.488 e. The third-order valence-corrected chi connectivity index (χ3v) is 1.89. The van der Waals surface area contributed by atoms with Gasteiger partial charge in [-0.15, -0.1) is 0 Å². The first-order chi connectivity index (χ1) is 6.04. The Bertz CT molecular complexity index is 301. The molecule has 6 heteroatoms. The van der Waals surface area contributed by atoms with Gasteiger partial charge in [-0.1, -0.05) is 23.8 Å². The molecule has 13 heavy (non-hydrogen) atoms. The fourth-order valence-corrected chi connectivity index (χ4v) is 1.28. The second-order valence-electron chi connectivity index (χ2n) is 2.83. The van der Waals surface area contributed by atoms with Crippen molar-refractivity contribution in [2.45, 2.75) is 6.92 Å². The molecule has 0 atom stereocenters. The molecule has 0 saturated carbocycles. The molecule has 0 radical (unpaired) electrons. The molecule has 68 valence electrons. The van der Waals surface area contributed by atoms with Gasteiger partial charge in [0.25, 0.3) is 0 Å². The number of aryl methyl sites for hydroxylation is 1. The lowest BCUT2D eigenvalue weighted by Gasteiger charge is -2.10. The Labute approximate surface area is 76.8 Å². The van der Waals surface area contributed by atoms with E-state index in [-0.39, 0.29) is 10.9 Å². The molecule has 1 aromatic carbocycles. The molecule has 0 aromatic heterocycles. The Morgan fingerprint density at radius 2 is 1.62 bits per heavy atom. The van der Waals surface area contributed by atoms with Gasteiger partial charge in [0.15, 0.2) is 0 Å². The summed E-state index contributed by atoms with van der Waals surface area (Å²) in [4.78, 5) is 0. The van der Waals surface area contributed by atoms with Crippen molar-refractivity contribution in [1.82, 2.24) is 0 Å². The summed E-state index contributed by atoms with van der Waals surface area (Å²) < 4.78 is 0. The van der Waals surface area contributed by atoms with Crippen LogP contribution in [-0.2, 0) is 0 Å². The second kappa shape index (κ2) is 3.93. The van der Waals surface area contributed by atoms with Crippen LogP contribution >= 0.6 is 0 Å². The van der Waals surface area contributed by atoms with E-state index in [4.69, 9.17) is 20.1 Å². The Hall–Kier alpha value is -0.810. The summed E-state index contributed by atoms with van der Waals surface area (Å²) in [6.07, 6.45) is 0. The van der Waals surface area contributed by atoms with E-state index in [1.54, 1.807) is 19.1 Å². The minimum atomic E-state index is -1.68. The lowest BCUT2D eigenvalue weighted by Crippen LogP contribution is -2.50. The minimum absolute atomic E-state index is 0.120. The van der Waals surface area contributed by atoms with Crippen molar-refractivity contribution in [3.63, 3.8) is 0 Å². The summed E-state index contributed by atoms with van der Waals surface area (Å²) in [5, 5.41) is 35.8. The van der Waals surface area contributed by atoms with E-state index in [2.05, 4.69) is 0 Å². The quantitative estimate of drug-likeness (QED) is 0.374. The Morgan fingerprint density at radius 3 is 2.00 bits per heavy atom. The molecule has 0 fully saturated rings. The normalized spacial score (nSPS) is 9.92. The van der Waals surface area contributed by atoms with Gasteiger partial charge in [0.2, 0.25) is 0 Å². The van der Waals surface area contributed by atoms with Crippen LogP contribution in [0.4, 0.5) is 0 Å². The Morgan fingerprint density at radius 1 is 1.00 bits per heavy atom. The monoisotopic (exact) mass is 180 g/mol. The van der Waals surface area contributed by atoms with Gasteiger partial charge < -0.3 is 20.1 Å². The lowest BCUT2D eigenvalue weighted by molar-refractivity contribution is 0.419. The number of rotatable bonds is 2. The smallest absolute Gasteiger partial charge is 0.423 e. The summed E-state index contributed by atoms with van der Waals surface area (Å²) in [6, 6.07) is 4.73. The van der Waals surface area contributed by atoms with Gasteiger partial charge in [0.1, 0.15) is 0 Å². The van der Waals surface area contributed by atoms with Crippen molar-refractivity contribution in [2.24, 2.45) is 0 Å². The van der Waals surface area contributed by atoms with Crippen LogP contribution in [-0.4, -0.2) is 34.3 Å². The fourth-order valence-electron chi connectivity index (χ4n) is 1.28. The Balaban J connectivity index is 3.26. The van der Waals surface area contributed by atoms with Gasteiger partial charge in [-0.25, -0.2) is 0 Å². The average Bonchev–Trinajstić information content (AvgIpc) is 2.02. The summed E-state index contributed by atoms with van der Waals surface area (Å²) in [5.41, 5.74) is 0.883. The van der Waals surface area contributed by atoms with Gasteiger partial charge in [-0.3, -0.25) is 0 Å². The standard InChI is InChI=1S/C7H10B2O4/c1-5-3-2-4-6(8(10)11)7(5)9(12)13/h2-4,10-13H,1H3. The molecule has 0 heterocycles. The predicted octanol–water partition coefficient (Wildman–Crippen LogP) is -2.65. The summed E-state index contributed by atoms with van der Waals surface area (Å²) in [6.45, 7) is 1.67. The van der Waals surface area contributed by atoms with Gasteiger partial charge >= 0.3 is 14.2 Å². The maximum absolute atomic E-state index is 8.97.